The predicted molar refractivity (Wildman–Crippen MR) is 151 cm³/mol. The minimum Gasteiger partial charge on any atom is -0.349 e. The fraction of sp³-hybridized carbons (Fsp3) is 0.529. The highest BCUT2D eigenvalue weighted by Crippen LogP contribution is 2.65. The molecular formula is C34H42N2O2. The van der Waals surface area contributed by atoms with Crippen LogP contribution in [0.1, 0.15) is 69.5 Å². The molecular weight excluding hydrogens is 468 g/mol. The van der Waals surface area contributed by atoms with Crippen molar-refractivity contribution in [3.05, 3.63) is 83.9 Å². The molecule has 3 aliphatic carbocycles. The maximum atomic E-state index is 14.0. The monoisotopic (exact) mass is 510 g/mol. The Labute approximate surface area is 227 Å². The zero-order valence-electron chi connectivity index (χ0n) is 23.1. The molecule has 4 heteroatoms. The van der Waals surface area contributed by atoms with Crippen LogP contribution >= 0.6 is 0 Å². The zero-order chi connectivity index (χ0) is 26.5. The maximum absolute atomic E-state index is 14.0. The number of hydrogen-bond donors (Lipinski definition) is 1. The summed E-state index contributed by atoms with van der Waals surface area (Å²) in [4.78, 5) is 28.4. The summed E-state index contributed by atoms with van der Waals surface area (Å²) < 4.78 is 0. The van der Waals surface area contributed by atoms with Crippen LogP contribution in [-0.2, 0) is 16.0 Å². The first-order valence-corrected chi connectivity index (χ1v) is 14.7. The minimum absolute atomic E-state index is 0.0279. The summed E-state index contributed by atoms with van der Waals surface area (Å²) in [7, 11) is 1.98. The molecule has 4 aliphatic rings. The molecule has 0 spiro atoms. The second-order valence-electron chi connectivity index (χ2n) is 13.0. The summed E-state index contributed by atoms with van der Waals surface area (Å²) in [6.07, 6.45) is 11.5. The fourth-order valence-corrected chi connectivity index (χ4v) is 9.23. The molecule has 6 rings (SSSR count). The van der Waals surface area contributed by atoms with E-state index >= 15 is 0 Å². The van der Waals surface area contributed by atoms with E-state index in [0.29, 0.717) is 23.8 Å². The first-order chi connectivity index (χ1) is 18.3. The van der Waals surface area contributed by atoms with Gasteiger partial charge in [-0.15, -0.1) is 0 Å². The van der Waals surface area contributed by atoms with Gasteiger partial charge in [-0.1, -0.05) is 80.6 Å². The number of benzene rings is 2. The van der Waals surface area contributed by atoms with Gasteiger partial charge in [-0.25, -0.2) is 0 Å². The maximum Gasteiger partial charge on any atom is 0.246 e. The quantitative estimate of drug-likeness (QED) is 0.510. The number of fused-ring (bicyclic) bond motifs is 5. The summed E-state index contributed by atoms with van der Waals surface area (Å²) in [5, 5.41) is 3.52. The Bertz CT molecular complexity index is 1210. The number of amides is 2. The lowest BCUT2D eigenvalue weighted by Gasteiger charge is -2.60. The lowest BCUT2D eigenvalue weighted by molar-refractivity contribution is -0.142. The smallest absolute Gasteiger partial charge is 0.246 e. The average molecular weight is 511 g/mol. The zero-order valence-corrected chi connectivity index (χ0v) is 23.1. The Morgan fingerprint density at radius 3 is 2.39 bits per heavy atom. The summed E-state index contributed by atoms with van der Waals surface area (Å²) in [6.45, 7) is 4.81. The molecule has 200 valence electrons. The van der Waals surface area contributed by atoms with Crippen molar-refractivity contribution in [2.75, 3.05) is 7.05 Å². The van der Waals surface area contributed by atoms with Gasteiger partial charge >= 0.3 is 0 Å². The number of nitrogens with zero attached hydrogens (tertiary/aromatic N) is 1. The number of rotatable bonds is 5. The topological polar surface area (TPSA) is 49.4 Å². The van der Waals surface area contributed by atoms with Crippen LogP contribution < -0.4 is 5.32 Å². The first kappa shape index (κ1) is 25.4. The van der Waals surface area contributed by atoms with E-state index in [1.54, 1.807) is 0 Å². The normalized spacial score (nSPS) is 36.7. The van der Waals surface area contributed by atoms with Crippen LogP contribution in [0.15, 0.2) is 72.8 Å². The molecule has 38 heavy (non-hydrogen) atoms. The van der Waals surface area contributed by atoms with Crippen LogP contribution in [0.2, 0.25) is 0 Å². The van der Waals surface area contributed by atoms with Gasteiger partial charge in [-0.3, -0.25) is 9.59 Å². The molecule has 2 aromatic rings. The van der Waals surface area contributed by atoms with Crippen LogP contribution in [-0.4, -0.2) is 29.8 Å². The van der Waals surface area contributed by atoms with Gasteiger partial charge in [0.1, 0.15) is 0 Å². The van der Waals surface area contributed by atoms with Gasteiger partial charge in [0.05, 0.1) is 6.04 Å². The van der Waals surface area contributed by atoms with Crippen molar-refractivity contribution < 1.29 is 9.59 Å². The third-order valence-corrected chi connectivity index (χ3v) is 11.2. The van der Waals surface area contributed by atoms with Crippen LogP contribution in [0.5, 0.6) is 0 Å². The molecule has 1 heterocycles. The summed E-state index contributed by atoms with van der Waals surface area (Å²) in [5.41, 5.74) is 2.50. The van der Waals surface area contributed by atoms with E-state index in [-0.39, 0.29) is 34.6 Å². The highest BCUT2D eigenvalue weighted by atomic mass is 16.2. The van der Waals surface area contributed by atoms with E-state index in [2.05, 4.69) is 73.8 Å². The second kappa shape index (κ2) is 9.70. The van der Waals surface area contributed by atoms with Crippen molar-refractivity contribution in [2.45, 2.75) is 70.9 Å². The molecule has 1 aliphatic heterocycles. The standard InChI is InChI=1S/C34H42N2O2/c1-33-20-18-27-25(14-17-30-34(27,2)21-19-31(37)36(30)3)26(33)15-16-28(33)32(38)35-29(24-12-8-5-9-13-24)22-23-10-6-4-7-11-23/h4-13,19,21,25-30H,14-18,20,22H2,1-3H3,(H,35,38)/t25-,26-,27+,28?,29-,30?,33-,34+/m0/s1. The molecule has 0 saturated heterocycles. The molecule has 3 fully saturated rings. The number of nitrogens with one attached hydrogen (secondary N) is 1. The van der Waals surface area contributed by atoms with Gasteiger partial charge in [-0.05, 0) is 85.3 Å². The highest BCUT2D eigenvalue weighted by Gasteiger charge is 2.61. The molecule has 2 aromatic carbocycles. The van der Waals surface area contributed by atoms with E-state index in [1.165, 1.54) is 17.5 Å². The SMILES string of the molecule is CN1C(=O)C=C[C@@]2(C)C1CC[C@@H]1[C@H]2CC[C@]2(C)C(C(=O)N[C@@H](Cc3ccccc3)c3ccccc3)CC[C@@H]12. The van der Waals surface area contributed by atoms with Gasteiger partial charge in [0.25, 0.3) is 0 Å². The van der Waals surface area contributed by atoms with Gasteiger partial charge in [0.2, 0.25) is 11.8 Å². The number of hydrogen-bond acceptors (Lipinski definition) is 2. The fourth-order valence-electron chi connectivity index (χ4n) is 9.23. The van der Waals surface area contributed by atoms with Crippen molar-refractivity contribution in [3.63, 3.8) is 0 Å². The lowest BCUT2D eigenvalue weighted by Crippen LogP contribution is -2.60. The summed E-state index contributed by atoms with van der Waals surface area (Å²) in [6, 6.07) is 21.2. The number of likely N-dealkylation sites (N-methyl/N-ethyl adjacent to an activating group) is 1. The molecule has 2 unspecified atom stereocenters. The molecule has 1 N–H and O–H groups in total. The number of carbonyl (C=O) groups is 2. The van der Waals surface area contributed by atoms with Crippen molar-refractivity contribution in [2.24, 2.45) is 34.5 Å². The Kier molecular flexibility index (Phi) is 6.48. The summed E-state index contributed by atoms with van der Waals surface area (Å²) >= 11 is 0. The van der Waals surface area contributed by atoms with Gasteiger partial charge < -0.3 is 10.2 Å². The predicted octanol–water partition coefficient (Wildman–Crippen LogP) is 6.34. The van der Waals surface area contributed by atoms with Crippen LogP contribution in [0, 0.1) is 34.5 Å². The van der Waals surface area contributed by atoms with Crippen LogP contribution in [0.4, 0.5) is 0 Å². The van der Waals surface area contributed by atoms with Gasteiger partial charge in [-0.2, -0.15) is 0 Å². The third-order valence-electron chi connectivity index (χ3n) is 11.2. The Morgan fingerprint density at radius 1 is 0.947 bits per heavy atom. The van der Waals surface area contributed by atoms with Crippen molar-refractivity contribution in [1.82, 2.24) is 10.2 Å². The van der Waals surface area contributed by atoms with E-state index < -0.39 is 0 Å². The molecule has 0 aromatic heterocycles. The minimum atomic E-state index is -0.0279. The van der Waals surface area contributed by atoms with Crippen LogP contribution in [0.3, 0.4) is 0 Å². The van der Waals surface area contributed by atoms with E-state index in [1.807, 2.05) is 30.2 Å². The van der Waals surface area contributed by atoms with E-state index in [4.69, 9.17) is 0 Å². The molecule has 0 bridgehead atoms. The molecule has 4 nitrogen and oxygen atoms in total. The summed E-state index contributed by atoms with van der Waals surface area (Å²) in [5.74, 6) is 2.24. The third kappa shape index (κ3) is 4.12. The Morgan fingerprint density at radius 2 is 1.66 bits per heavy atom. The van der Waals surface area contributed by atoms with Gasteiger partial charge in [0.15, 0.2) is 0 Å². The van der Waals surface area contributed by atoms with Crippen LogP contribution in [0.25, 0.3) is 0 Å². The highest BCUT2D eigenvalue weighted by molar-refractivity contribution is 5.89. The van der Waals surface area contributed by atoms with Crippen molar-refractivity contribution in [1.29, 1.82) is 0 Å². The molecule has 8 atom stereocenters. The molecule has 0 radical (unpaired) electrons. The Balaban J connectivity index is 1.22. The Hall–Kier alpha value is -2.88. The van der Waals surface area contributed by atoms with Gasteiger partial charge in [0, 0.05) is 24.4 Å². The van der Waals surface area contributed by atoms with E-state index in [0.717, 1.165) is 38.5 Å². The molecule has 2 amide bonds. The van der Waals surface area contributed by atoms with Crippen molar-refractivity contribution >= 4 is 11.8 Å². The van der Waals surface area contributed by atoms with Crippen molar-refractivity contribution in [3.8, 4) is 0 Å². The first-order valence-electron chi connectivity index (χ1n) is 14.7. The molecule has 3 saturated carbocycles. The number of carbonyl (C=O) groups excluding carboxylic acids is 2. The van der Waals surface area contributed by atoms with E-state index in [9.17, 15) is 9.59 Å². The lowest BCUT2D eigenvalue weighted by atomic mass is 9.47. The average Bonchev–Trinajstić information content (AvgIpc) is 3.29. The second-order valence-corrected chi connectivity index (χ2v) is 13.0. The largest absolute Gasteiger partial charge is 0.349 e.